The van der Waals surface area contributed by atoms with E-state index in [1.807, 2.05) is 18.2 Å². The molecule has 0 spiro atoms. The number of halogens is 1. The van der Waals surface area contributed by atoms with Gasteiger partial charge < -0.3 is 9.47 Å². The molecular formula is C14H17BrO3. The van der Waals surface area contributed by atoms with Gasteiger partial charge in [-0.2, -0.15) is 0 Å². The van der Waals surface area contributed by atoms with Gasteiger partial charge in [-0.05, 0) is 36.6 Å². The molecule has 98 valence electrons. The van der Waals surface area contributed by atoms with E-state index in [0.717, 1.165) is 35.2 Å². The Kier molecular flexibility index (Phi) is 4.78. The quantitative estimate of drug-likeness (QED) is 0.838. The molecule has 3 nitrogen and oxygen atoms in total. The first-order valence-electron chi connectivity index (χ1n) is 6.15. The van der Waals surface area contributed by atoms with E-state index in [1.54, 1.807) is 7.11 Å². The Bertz CT molecular complexity index is 425. The molecule has 1 aliphatic rings. The predicted molar refractivity (Wildman–Crippen MR) is 73.0 cm³/mol. The van der Waals surface area contributed by atoms with Gasteiger partial charge in [0.05, 0.1) is 13.2 Å². The zero-order chi connectivity index (χ0) is 13.0. The maximum absolute atomic E-state index is 12.0. The number of Topliss-reactive ketones (excluding diaryl/α,β-unsaturated/α-hetero) is 1. The number of ketones is 1. The highest BCUT2D eigenvalue weighted by Gasteiger charge is 2.19. The Morgan fingerprint density at radius 3 is 3.06 bits per heavy atom. The van der Waals surface area contributed by atoms with Crippen molar-refractivity contribution in [3.8, 4) is 5.75 Å². The summed E-state index contributed by atoms with van der Waals surface area (Å²) in [5.74, 6) is 0.994. The number of rotatable bonds is 5. The average Bonchev–Trinajstić information content (AvgIpc) is 2.84. The van der Waals surface area contributed by atoms with Crippen LogP contribution in [0.5, 0.6) is 5.75 Å². The second kappa shape index (κ2) is 6.34. The van der Waals surface area contributed by atoms with Crippen LogP contribution in [-0.2, 0) is 16.0 Å². The van der Waals surface area contributed by atoms with E-state index in [9.17, 15) is 4.79 Å². The fraction of sp³-hybridized carbons (Fsp3) is 0.500. The first-order valence-corrected chi connectivity index (χ1v) is 6.94. The van der Waals surface area contributed by atoms with E-state index in [0.29, 0.717) is 12.8 Å². The first kappa shape index (κ1) is 13.6. The van der Waals surface area contributed by atoms with Crippen LogP contribution in [0.1, 0.15) is 24.8 Å². The minimum absolute atomic E-state index is 0.127. The van der Waals surface area contributed by atoms with E-state index < -0.39 is 0 Å². The van der Waals surface area contributed by atoms with E-state index >= 15 is 0 Å². The van der Waals surface area contributed by atoms with Gasteiger partial charge >= 0.3 is 0 Å². The maximum Gasteiger partial charge on any atom is 0.139 e. The molecule has 1 atom stereocenters. The van der Waals surface area contributed by atoms with Crippen LogP contribution in [0.4, 0.5) is 0 Å². The molecule has 1 aliphatic heterocycles. The van der Waals surface area contributed by atoms with Crippen molar-refractivity contribution in [3.05, 3.63) is 28.2 Å². The third kappa shape index (κ3) is 3.56. The predicted octanol–water partition coefficient (Wildman–Crippen LogP) is 3.14. The zero-order valence-corrected chi connectivity index (χ0v) is 12.0. The van der Waals surface area contributed by atoms with Crippen molar-refractivity contribution in [1.82, 2.24) is 0 Å². The van der Waals surface area contributed by atoms with Crippen molar-refractivity contribution in [1.29, 1.82) is 0 Å². The molecule has 0 radical (unpaired) electrons. The fourth-order valence-electron chi connectivity index (χ4n) is 2.16. The van der Waals surface area contributed by atoms with Crippen molar-refractivity contribution in [2.24, 2.45) is 0 Å². The van der Waals surface area contributed by atoms with Crippen molar-refractivity contribution < 1.29 is 14.3 Å². The Hall–Kier alpha value is -0.870. The number of methoxy groups -OCH3 is 1. The molecule has 0 aromatic heterocycles. The molecule has 18 heavy (non-hydrogen) atoms. The number of benzene rings is 1. The van der Waals surface area contributed by atoms with Gasteiger partial charge in [-0.3, -0.25) is 4.79 Å². The number of ether oxygens (including phenoxy) is 2. The highest BCUT2D eigenvalue weighted by atomic mass is 79.9. The molecule has 0 N–H and O–H groups in total. The molecule has 1 aromatic carbocycles. The van der Waals surface area contributed by atoms with Crippen LogP contribution in [0.15, 0.2) is 22.7 Å². The third-order valence-electron chi connectivity index (χ3n) is 3.12. The second-order valence-electron chi connectivity index (χ2n) is 4.51. The molecule has 4 heteroatoms. The molecular weight excluding hydrogens is 296 g/mol. The van der Waals surface area contributed by atoms with Gasteiger partial charge in [0.15, 0.2) is 0 Å². The van der Waals surface area contributed by atoms with Crippen LogP contribution in [0.3, 0.4) is 0 Å². The number of hydrogen-bond donors (Lipinski definition) is 0. The highest BCUT2D eigenvalue weighted by molar-refractivity contribution is 9.10. The second-order valence-corrected chi connectivity index (χ2v) is 5.37. The van der Waals surface area contributed by atoms with E-state index in [2.05, 4.69) is 15.9 Å². The Morgan fingerprint density at radius 1 is 1.56 bits per heavy atom. The summed E-state index contributed by atoms with van der Waals surface area (Å²) < 4.78 is 11.6. The molecule has 1 fully saturated rings. The molecule has 1 saturated heterocycles. The summed E-state index contributed by atoms with van der Waals surface area (Å²) in [4.78, 5) is 12.0. The molecule has 1 unspecified atom stereocenters. The van der Waals surface area contributed by atoms with Crippen LogP contribution in [-0.4, -0.2) is 25.6 Å². The summed E-state index contributed by atoms with van der Waals surface area (Å²) in [6.07, 6.45) is 3.15. The average molecular weight is 313 g/mol. The zero-order valence-electron chi connectivity index (χ0n) is 10.4. The largest absolute Gasteiger partial charge is 0.497 e. The maximum atomic E-state index is 12.0. The normalized spacial score (nSPS) is 18.9. The molecule has 0 saturated carbocycles. The van der Waals surface area contributed by atoms with E-state index in [1.165, 1.54) is 0 Å². The van der Waals surface area contributed by atoms with Crippen LogP contribution >= 0.6 is 15.9 Å². The third-order valence-corrected chi connectivity index (χ3v) is 3.89. The molecule has 1 aromatic rings. The SMILES string of the molecule is COc1ccc(Br)c(CC(=O)CC2CCCO2)c1. The minimum Gasteiger partial charge on any atom is -0.497 e. The summed E-state index contributed by atoms with van der Waals surface area (Å²) in [6, 6.07) is 5.68. The molecule has 0 aliphatic carbocycles. The van der Waals surface area contributed by atoms with E-state index in [4.69, 9.17) is 9.47 Å². The van der Waals surface area contributed by atoms with Gasteiger partial charge in [0.1, 0.15) is 11.5 Å². The first-order chi connectivity index (χ1) is 8.69. The lowest BCUT2D eigenvalue weighted by atomic mass is 10.0. The van der Waals surface area contributed by atoms with E-state index in [-0.39, 0.29) is 11.9 Å². The van der Waals surface area contributed by atoms with Crippen molar-refractivity contribution >= 4 is 21.7 Å². The fourth-order valence-corrected chi connectivity index (χ4v) is 2.54. The molecule has 2 rings (SSSR count). The van der Waals surface area contributed by atoms with Crippen LogP contribution in [0.2, 0.25) is 0 Å². The minimum atomic E-state index is 0.127. The monoisotopic (exact) mass is 312 g/mol. The summed E-state index contributed by atoms with van der Waals surface area (Å²) in [5, 5.41) is 0. The molecule has 0 bridgehead atoms. The van der Waals surface area contributed by atoms with Gasteiger partial charge in [-0.1, -0.05) is 15.9 Å². The van der Waals surface area contributed by atoms with Gasteiger partial charge in [-0.15, -0.1) is 0 Å². The summed E-state index contributed by atoms with van der Waals surface area (Å²) in [6.45, 7) is 0.792. The van der Waals surface area contributed by atoms with Crippen LogP contribution in [0, 0.1) is 0 Å². The Labute approximate surface area is 116 Å². The molecule has 0 amide bonds. The lowest BCUT2D eigenvalue weighted by Crippen LogP contribution is -2.14. The summed E-state index contributed by atoms with van der Waals surface area (Å²) >= 11 is 3.46. The van der Waals surface area contributed by atoms with Gasteiger partial charge in [0, 0.05) is 23.9 Å². The summed E-state index contributed by atoms with van der Waals surface area (Å²) in [7, 11) is 1.63. The smallest absolute Gasteiger partial charge is 0.139 e. The Balaban J connectivity index is 1.97. The molecule has 1 heterocycles. The van der Waals surface area contributed by atoms with Crippen molar-refractivity contribution in [2.75, 3.05) is 13.7 Å². The Morgan fingerprint density at radius 2 is 2.39 bits per heavy atom. The van der Waals surface area contributed by atoms with Crippen molar-refractivity contribution in [3.63, 3.8) is 0 Å². The van der Waals surface area contributed by atoms with Gasteiger partial charge in [-0.25, -0.2) is 0 Å². The number of carbonyl (C=O) groups excluding carboxylic acids is 1. The van der Waals surface area contributed by atoms with Crippen LogP contribution < -0.4 is 4.74 Å². The lowest BCUT2D eigenvalue weighted by Gasteiger charge is -2.10. The van der Waals surface area contributed by atoms with Gasteiger partial charge in [0.2, 0.25) is 0 Å². The number of hydrogen-bond acceptors (Lipinski definition) is 3. The van der Waals surface area contributed by atoms with Crippen LogP contribution in [0.25, 0.3) is 0 Å². The number of carbonyl (C=O) groups is 1. The summed E-state index contributed by atoms with van der Waals surface area (Å²) in [5.41, 5.74) is 0.970. The standard InChI is InChI=1S/C14H17BrO3/c1-17-12-4-5-14(15)10(8-12)7-11(16)9-13-3-2-6-18-13/h4-5,8,13H,2-3,6-7,9H2,1H3. The highest BCUT2D eigenvalue weighted by Crippen LogP contribution is 2.24. The van der Waals surface area contributed by atoms with Gasteiger partial charge in [0.25, 0.3) is 0 Å². The topological polar surface area (TPSA) is 35.5 Å². The van der Waals surface area contributed by atoms with Crippen molar-refractivity contribution in [2.45, 2.75) is 31.8 Å². The lowest BCUT2D eigenvalue weighted by molar-refractivity contribution is -0.120.